The molecular weight excluding hydrogens is 282 g/mol. The van der Waals surface area contributed by atoms with Crippen molar-refractivity contribution in [2.75, 3.05) is 7.11 Å². The lowest BCUT2D eigenvalue weighted by Gasteiger charge is -2.21. The maximum absolute atomic E-state index is 11.8. The second-order valence-electron chi connectivity index (χ2n) is 3.98. The number of benzene rings is 1. The molecule has 0 saturated carbocycles. The Labute approximate surface area is 111 Å². The molecule has 4 heteroatoms. The molecule has 0 fully saturated rings. The Morgan fingerprint density at radius 1 is 1.41 bits per heavy atom. The highest BCUT2D eigenvalue weighted by Crippen LogP contribution is 2.19. The summed E-state index contributed by atoms with van der Waals surface area (Å²) in [5, 5.41) is 3.26. The number of rotatable bonds is 5. The summed E-state index contributed by atoms with van der Waals surface area (Å²) in [6.07, 6.45) is 0.962. The van der Waals surface area contributed by atoms with Gasteiger partial charge in [0.1, 0.15) is 6.04 Å². The summed E-state index contributed by atoms with van der Waals surface area (Å²) in [4.78, 5) is 11.8. The van der Waals surface area contributed by atoms with Crippen molar-refractivity contribution >= 4 is 21.9 Å². The van der Waals surface area contributed by atoms with Crippen LogP contribution >= 0.6 is 15.9 Å². The Bertz CT molecular complexity index is 364. The first-order valence-corrected chi connectivity index (χ1v) is 6.47. The number of carbonyl (C=O) groups excluding carboxylic acids is 1. The topological polar surface area (TPSA) is 38.3 Å². The maximum atomic E-state index is 11.8. The van der Waals surface area contributed by atoms with E-state index in [2.05, 4.69) is 35.1 Å². The van der Waals surface area contributed by atoms with Crippen LogP contribution in [0.2, 0.25) is 0 Å². The highest BCUT2D eigenvalue weighted by atomic mass is 79.9. The van der Waals surface area contributed by atoms with Gasteiger partial charge in [-0.05, 0) is 31.0 Å². The van der Waals surface area contributed by atoms with Gasteiger partial charge in [-0.25, -0.2) is 4.79 Å². The summed E-state index contributed by atoms with van der Waals surface area (Å²) in [6.45, 7) is 4.13. The van der Waals surface area contributed by atoms with Crippen LogP contribution in [-0.4, -0.2) is 19.1 Å². The SMILES string of the molecule is CCC(C)NC(C(=O)OC)c1ccc(Br)cc1. The van der Waals surface area contributed by atoms with Gasteiger partial charge in [-0.15, -0.1) is 0 Å². The molecule has 3 nitrogen and oxygen atoms in total. The van der Waals surface area contributed by atoms with Crippen LogP contribution in [0.4, 0.5) is 0 Å². The predicted octanol–water partition coefficient (Wildman–Crippen LogP) is 3.05. The smallest absolute Gasteiger partial charge is 0.327 e. The van der Waals surface area contributed by atoms with Gasteiger partial charge < -0.3 is 4.74 Å². The van der Waals surface area contributed by atoms with E-state index in [0.717, 1.165) is 16.5 Å². The fourth-order valence-corrected chi connectivity index (χ4v) is 1.74. The van der Waals surface area contributed by atoms with E-state index in [-0.39, 0.29) is 12.0 Å². The number of esters is 1. The van der Waals surface area contributed by atoms with Gasteiger partial charge in [0.25, 0.3) is 0 Å². The van der Waals surface area contributed by atoms with E-state index in [0.29, 0.717) is 0 Å². The van der Waals surface area contributed by atoms with Crippen molar-refractivity contribution in [3.8, 4) is 0 Å². The molecule has 0 aliphatic heterocycles. The van der Waals surface area contributed by atoms with Crippen molar-refractivity contribution in [2.24, 2.45) is 0 Å². The molecule has 1 aromatic carbocycles. The lowest BCUT2D eigenvalue weighted by molar-refractivity contribution is -0.143. The largest absolute Gasteiger partial charge is 0.468 e. The van der Waals surface area contributed by atoms with Gasteiger partial charge in [-0.3, -0.25) is 5.32 Å². The predicted molar refractivity (Wildman–Crippen MR) is 71.8 cm³/mol. The van der Waals surface area contributed by atoms with E-state index in [1.54, 1.807) is 0 Å². The van der Waals surface area contributed by atoms with E-state index >= 15 is 0 Å². The molecule has 0 heterocycles. The third-order valence-electron chi connectivity index (χ3n) is 2.70. The zero-order valence-electron chi connectivity index (χ0n) is 10.4. The molecule has 1 rings (SSSR count). The minimum absolute atomic E-state index is 0.257. The van der Waals surface area contributed by atoms with Gasteiger partial charge in [0, 0.05) is 10.5 Å². The second-order valence-corrected chi connectivity index (χ2v) is 4.90. The van der Waals surface area contributed by atoms with Crippen LogP contribution in [0.25, 0.3) is 0 Å². The number of ether oxygens (including phenoxy) is 1. The Morgan fingerprint density at radius 2 is 2.00 bits per heavy atom. The van der Waals surface area contributed by atoms with Gasteiger partial charge in [0.2, 0.25) is 0 Å². The molecule has 0 aliphatic rings. The average molecular weight is 300 g/mol. The molecular formula is C13H18BrNO2. The highest BCUT2D eigenvalue weighted by molar-refractivity contribution is 9.10. The summed E-state index contributed by atoms with van der Waals surface area (Å²) < 4.78 is 5.82. The molecule has 17 heavy (non-hydrogen) atoms. The molecule has 0 spiro atoms. The third kappa shape index (κ3) is 4.13. The minimum atomic E-state index is -0.400. The summed E-state index contributed by atoms with van der Waals surface area (Å²) in [5.41, 5.74) is 0.917. The van der Waals surface area contributed by atoms with Gasteiger partial charge >= 0.3 is 5.97 Å². The number of methoxy groups -OCH3 is 1. The summed E-state index contributed by atoms with van der Waals surface area (Å²) >= 11 is 3.38. The molecule has 0 bridgehead atoms. The van der Waals surface area contributed by atoms with Crippen LogP contribution in [0.5, 0.6) is 0 Å². The van der Waals surface area contributed by atoms with Crippen molar-refractivity contribution in [3.63, 3.8) is 0 Å². The lowest BCUT2D eigenvalue weighted by atomic mass is 10.1. The molecule has 2 unspecified atom stereocenters. The molecule has 0 amide bonds. The fraction of sp³-hybridized carbons (Fsp3) is 0.462. The molecule has 0 saturated heterocycles. The van der Waals surface area contributed by atoms with Crippen molar-refractivity contribution in [1.82, 2.24) is 5.32 Å². The van der Waals surface area contributed by atoms with E-state index < -0.39 is 6.04 Å². The maximum Gasteiger partial charge on any atom is 0.327 e. The fourth-order valence-electron chi connectivity index (χ4n) is 1.48. The molecule has 0 aromatic heterocycles. The van der Waals surface area contributed by atoms with Crippen molar-refractivity contribution in [2.45, 2.75) is 32.4 Å². The Hall–Kier alpha value is -0.870. The van der Waals surface area contributed by atoms with Crippen molar-refractivity contribution in [1.29, 1.82) is 0 Å². The van der Waals surface area contributed by atoms with E-state index in [1.807, 2.05) is 24.3 Å². The standard InChI is InChI=1S/C13H18BrNO2/c1-4-9(2)15-12(13(16)17-3)10-5-7-11(14)8-6-10/h5-9,12,15H,4H2,1-3H3. The Morgan fingerprint density at radius 3 is 2.47 bits per heavy atom. The average Bonchev–Trinajstić information content (AvgIpc) is 2.36. The van der Waals surface area contributed by atoms with Gasteiger partial charge in [-0.1, -0.05) is 35.0 Å². The molecule has 94 valence electrons. The molecule has 0 radical (unpaired) electrons. The summed E-state index contributed by atoms with van der Waals surface area (Å²) in [5.74, 6) is -0.257. The number of halogens is 1. The van der Waals surface area contributed by atoms with Crippen LogP contribution < -0.4 is 5.32 Å². The monoisotopic (exact) mass is 299 g/mol. The molecule has 0 aliphatic carbocycles. The first-order valence-electron chi connectivity index (χ1n) is 5.67. The third-order valence-corrected chi connectivity index (χ3v) is 3.23. The second kappa shape index (κ2) is 6.77. The Kier molecular flexibility index (Phi) is 5.65. The van der Waals surface area contributed by atoms with E-state index in [1.165, 1.54) is 7.11 Å². The molecule has 2 atom stereocenters. The van der Waals surface area contributed by atoms with E-state index in [9.17, 15) is 4.79 Å². The number of hydrogen-bond donors (Lipinski definition) is 1. The zero-order chi connectivity index (χ0) is 12.8. The number of hydrogen-bond acceptors (Lipinski definition) is 3. The number of nitrogens with one attached hydrogen (secondary N) is 1. The first kappa shape index (κ1) is 14.2. The van der Waals surface area contributed by atoms with Crippen LogP contribution in [0, 0.1) is 0 Å². The minimum Gasteiger partial charge on any atom is -0.468 e. The Balaban J connectivity index is 2.89. The first-order chi connectivity index (χ1) is 8.08. The molecule has 1 aromatic rings. The zero-order valence-corrected chi connectivity index (χ0v) is 12.0. The summed E-state index contributed by atoms with van der Waals surface area (Å²) in [7, 11) is 1.41. The summed E-state index contributed by atoms with van der Waals surface area (Å²) in [6, 6.07) is 7.54. The van der Waals surface area contributed by atoms with Crippen LogP contribution in [-0.2, 0) is 9.53 Å². The number of carbonyl (C=O) groups is 1. The van der Waals surface area contributed by atoms with Gasteiger partial charge in [-0.2, -0.15) is 0 Å². The normalized spacial score (nSPS) is 14.1. The van der Waals surface area contributed by atoms with Crippen molar-refractivity contribution in [3.05, 3.63) is 34.3 Å². The molecule has 1 N–H and O–H groups in total. The van der Waals surface area contributed by atoms with Crippen LogP contribution in [0.15, 0.2) is 28.7 Å². The van der Waals surface area contributed by atoms with Crippen LogP contribution in [0.1, 0.15) is 31.9 Å². The van der Waals surface area contributed by atoms with Crippen LogP contribution in [0.3, 0.4) is 0 Å². The van der Waals surface area contributed by atoms with E-state index in [4.69, 9.17) is 4.74 Å². The van der Waals surface area contributed by atoms with Gasteiger partial charge in [0.15, 0.2) is 0 Å². The van der Waals surface area contributed by atoms with Crippen molar-refractivity contribution < 1.29 is 9.53 Å². The quantitative estimate of drug-likeness (QED) is 0.849. The lowest BCUT2D eigenvalue weighted by Crippen LogP contribution is -2.35. The highest BCUT2D eigenvalue weighted by Gasteiger charge is 2.22. The van der Waals surface area contributed by atoms with Gasteiger partial charge in [0.05, 0.1) is 7.11 Å².